The fraction of sp³-hybridized carbons (Fsp3) is 0.379. The summed E-state index contributed by atoms with van der Waals surface area (Å²) in [6.07, 6.45) is 1.85. The number of nitrogens with zero attached hydrogens (tertiary/aromatic N) is 5. The average Bonchev–Trinajstić information content (AvgIpc) is 3.32. The summed E-state index contributed by atoms with van der Waals surface area (Å²) < 4.78 is 24.8. The number of sulfonamides is 1. The van der Waals surface area contributed by atoms with Gasteiger partial charge in [0.2, 0.25) is 16.0 Å². The number of thiophene rings is 1. The van der Waals surface area contributed by atoms with Crippen LogP contribution < -0.4 is 10.0 Å². The van der Waals surface area contributed by atoms with Gasteiger partial charge in [-0.1, -0.05) is 31.2 Å². The first-order chi connectivity index (χ1) is 18.5. The van der Waals surface area contributed by atoms with Crippen molar-refractivity contribution in [2.24, 2.45) is 5.14 Å². The molecule has 0 aliphatic carbocycles. The van der Waals surface area contributed by atoms with Gasteiger partial charge in [-0.25, -0.2) is 23.5 Å². The van der Waals surface area contributed by atoms with Crippen LogP contribution in [0.2, 0.25) is 0 Å². The predicted molar refractivity (Wildman–Crippen MR) is 160 cm³/mol. The lowest BCUT2D eigenvalue weighted by molar-refractivity contribution is 0.132. The van der Waals surface area contributed by atoms with Crippen LogP contribution in [-0.2, 0) is 16.6 Å². The fourth-order valence-corrected chi connectivity index (χ4v) is 6.48. The highest BCUT2D eigenvalue weighted by Crippen LogP contribution is 2.37. The Bertz CT molecular complexity index is 1550. The highest BCUT2D eigenvalue weighted by Gasteiger charge is 2.27. The highest BCUT2D eigenvalue weighted by molar-refractivity contribution is 7.89. The first-order valence-corrected chi connectivity index (χ1v) is 15.7. The van der Waals surface area contributed by atoms with Crippen molar-refractivity contribution in [3.8, 4) is 11.1 Å². The van der Waals surface area contributed by atoms with Crippen molar-refractivity contribution in [2.75, 3.05) is 37.6 Å². The zero-order valence-electron chi connectivity index (χ0n) is 23.0. The van der Waals surface area contributed by atoms with E-state index in [4.69, 9.17) is 15.1 Å². The number of nitrogens with two attached hydrogens (primary N) is 1. The molecule has 0 amide bonds. The van der Waals surface area contributed by atoms with E-state index in [0.717, 1.165) is 66.3 Å². The maximum atomic E-state index is 11.9. The normalized spacial score (nSPS) is 15.6. The lowest BCUT2D eigenvalue weighted by atomic mass is 10.0. The molecule has 206 valence electrons. The summed E-state index contributed by atoms with van der Waals surface area (Å²) >= 11 is 1.53. The predicted octanol–water partition coefficient (Wildman–Crippen LogP) is 5.08. The monoisotopic (exact) mass is 564 g/mol. The highest BCUT2D eigenvalue weighted by atomic mass is 32.2. The van der Waals surface area contributed by atoms with Crippen molar-refractivity contribution in [3.05, 3.63) is 65.7 Å². The Morgan fingerprint density at radius 2 is 1.72 bits per heavy atom. The van der Waals surface area contributed by atoms with Gasteiger partial charge in [0.25, 0.3) is 0 Å². The number of hydrogen-bond acceptors (Lipinski definition) is 8. The summed E-state index contributed by atoms with van der Waals surface area (Å²) in [5.74, 6) is 0.598. The second-order valence-electron chi connectivity index (χ2n) is 11.0. The van der Waals surface area contributed by atoms with E-state index in [9.17, 15) is 8.42 Å². The molecule has 2 N–H and O–H groups in total. The molecule has 10 heteroatoms. The van der Waals surface area contributed by atoms with Crippen LogP contribution in [-0.4, -0.2) is 66.4 Å². The van der Waals surface area contributed by atoms with E-state index in [-0.39, 0.29) is 10.4 Å². The topological polar surface area (TPSA) is 95.7 Å². The SMILES string of the molecule is CCN1CCN(Cc2ccc(N(c3ncc4scc(-c5cccc(S(N)(=O)=O)c5)c4n3)C(C)(C)C)cc2)CC1. The van der Waals surface area contributed by atoms with Crippen LogP contribution in [0.5, 0.6) is 0 Å². The maximum absolute atomic E-state index is 11.9. The minimum absolute atomic E-state index is 0.0808. The second-order valence-corrected chi connectivity index (χ2v) is 13.5. The lowest BCUT2D eigenvalue weighted by Crippen LogP contribution is -2.45. The Morgan fingerprint density at radius 3 is 2.36 bits per heavy atom. The molecule has 8 nitrogen and oxygen atoms in total. The average molecular weight is 565 g/mol. The third kappa shape index (κ3) is 6.15. The summed E-state index contributed by atoms with van der Waals surface area (Å²) in [5.41, 5.74) is 4.43. The van der Waals surface area contributed by atoms with E-state index >= 15 is 0 Å². The number of primary sulfonamides is 1. The summed E-state index contributed by atoms with van der Waals surface area (Å²) in [6.45, 7) is 15.2. The fourth-order valence-electron chi connectivity index (χ4n) is 5.05. The number of hydrogen-bond donors (Lipinski definition) is 1. The largest absolute Gasteiger partial charge is 0.305 e. The van der Waals surface area contributed by atoms with E-state index in [1.807, 2.05) is 17.6 Å². The van der Waals surface area contributed by atoms with E-state index in [0.29, 0.717) is 5.95 Å². The lowest BCUT2D eigenvalue weighted by Gasteiger charge is -2.36. The van der Waals surface area contributed by atoms with Crippen LogP contribution in [0.3, 0.4) is 0 Å². The van der Waals surface area contributed by atoms with Gasteiger partial charge in [-0.2, -0.15) is 0 Å². The Labute approximate surface area is 235 Å². The molecule has 2 aromatic heterocycles. The van der Waals surface area contributed by atoms with Gasteiger partial charge >= 0.3 is 0 Å². The molecule has 5 rings (SSSR count). The molecule has 39 heavy (non-hydrogen) atoms. The van der Waals surface area contributed by atoms with E-state index < -0.39 is 10.0 Å². The van der Waals surface area contributed by atoms with Crippen molar-refractivity contribution in [1.82, 2.24) is 19.8 Å². The summed E-state index contributed by atoms with van der Waals surface area (Å²) in [7, 11) is -3.81. The van der Waals surface area contributed by atoms with Crippen LogP contribution >= 0.6 is 11.3 Å². The number of rotatable bonds is 7. The van der Waals surface area contributed by atoms with Gasteiger partial charge in [-0.3, -0.25) is 4.90 Å². The molecule has 1 aliphatic heterocycles. The second kappa shape index (κ2) is 10.9. The number of anilines is 2. The number of benzene rings is 2. The van der Waals surface area contributed by atoms with Gasteiger partial charge < -0.3 is 9.80 Å². The molecule has 3 heterocycles. The van der Waals surface area contributed by atoms with Gasteiger partial charge in [0, 0.05) is 54.9 Å². The molecule has 2 aromatic carbocycles. The maximum Gasteiger partial charge on any atom is 0.238 e. The smallest absolute Gasteiger partial charge is 0.238 e. The van der Waals surface area contributed by atoms with Crippen molar-refractivity contribution >= 4 is 43.2 Å². The zero-order chi connectivity index (χ0) is 27.8. The van der Waals surface area contributed by atoms with Gasteiger partial charge in [-0.05, 0) is 62.7 Å². The Kier molecular flexibility index (Phi) is 7.76. The number of aromatic nitrogens is 2. The molecule has 0 spiro atoms. The van der Waals surface area contributed by atoms with Gasteiger partial charge in [0.15, 0.2) is 0 Å². The molecule has 4 aromatic rings. The van der Waals surface area contributed by atoms with Gasteiger partial charge in [-0.15, -0.1) is 11.3 Å². The van der Waals surface area contributed by atoms with Gasteiger partial charge in [0.05, 0.1) is 21.3 Å². The Morgan fingerprint density at radius 1 is 1.03 bits per heavy atom. The molecule has 1 fully saturated rings. The summed E-state index contributed by atoms with van der Waals surface area (Å²) in [5, 5.41) is 7.37. The third-order valence-corrected chi connectivity index (χ3v) is 8.98. The molecule has 0 radical (unpaired) electrons. The Balaban J connectivity index is 1.45. The summed E-state index contributed by atoms with van der Waals surface area (Å²) in [6, 6.07) is 15.4. The number of fused-ring (bicyclic) bond motifs is 1. The number of likely N-dealkylation sites (N-methyl/N-ethyl adjacent to an activating group) is 1. The molecule has 0 unspecified atom stereocenters. The van der Waals surface area contributed by atoms with Crippen LogP contribution in [0.15, 0.2) is 65.0 Å². The molecule has 0 bridgehead atoms. The van der Waals surface area contributed by atoms with Crippen molar-refractivity contribution < 1.29 is 8.42 Å². The van der Waals surface area contributed by atoms with Crippen molar-refractivity contribution in [2.45, 2.75) is 44.7 Å². The first-order valence-electron chi connectivity index (χ1n) is 13.2. The molecule has 0 saturated carbocycles. The van der Waals surface area contributed by atoms with Crippen LogP contribution in [0.25, 0.3) is 21.3 Å². The molecular weight excluding hydrogens is 528 g/mol. The molecule has 0 atom stereocenters. The van der Waals surface area contributed by atoms with Crippen LogP contribution in [0.4, 0.5) is 11.6 Å². The first kappa shape index (κ1) is 27.7. The minimum Gasteiger partial charge on any atom is -0.305 e. The summed E-state index contributed by atoms with van der Waals surface area (Å²) in [4.78, 5) is 17.0. The molecule has 1 saturated heterocycles. The zero-order valence-corrected chi connectivity index (χ0v) is 24.6. The number of piperazine rings is 1. The third-order valence-electron chi connectivity index (χ3n) is 7.16. The van der Waals surface area contributed by atoms with E-state index in [2.05, 4.69) is 66.7 Å². The standard InChI is InChI=1S/C29H36N6O2S2/c1-5-33-13-15-34(16-14-33)19-21-9-11-23(12-10-21)35(29(2,3)4)28-31-18-26-27(32-28)25(20-38-26)22-7-6-8-24(17-22)39(30,36)37/h6-12,17-18,20H,5,13-16,19H2,1-4H3,(H2,30,36,37). The van der Waals surface area contributed by atoms with E-state index in [1.54, 1.807) is 12.1 Å². The molecule has 1 aliphatic rings. The van der Waals surface area contributed by atoms with Crippen LogP contribution in [0, 0.1) is 0 Å². The van der Waals surface area contributed by atoms with Crippen LogP contribution in [0.1, 0.15) is 33.3 Å². The molecular formula is C29H36N6O2S2. The Hall–Kier alpha value is -2.89. The quantitative estimate of drug-likeness (QED) is 0.334. The van der Waals surface area contributed by atoms with E-state index in [1.165, 1.54) is 23.0 Å². The minimum atomic E-state index is -3.81. The van der Waals surface area contributed by atoms with Crippen molar-refractivity contribution in [1.29, 1.82) is 0 Å². The van der Waals surface area contributed by atoms with Gasteiger partial charge in [0.1, 0.15) is 0 Å². The van der Waals surface area contributed by atoms with Crippen molar-refractivity contribution in [3.63, 3.8) is 0 Å².